The standard InChI is InChI=1S/C21H22FN5O3S2/c1-21(2,17-11-31-20(26-17)27-32(29)13-5-6-13)19(28)25-15-7-4-12(8-14(15)22)16-9-23-10-18(24-16)30-3/h4,7-11,13H,5-6H2,1-3H3,(H,25,28)(H,26,27). The molecule has 0 radical (unpaired) electrons. The summed E-state index contributed by atoms with van der Waals surface area (Å²) in [7, 11) is 1.47. The maximum atomic E-state index is 14.7. The first-order valence-corrected chi connectivity index (χ1v) is 12.0. The van der Waals surface area contributed by atoms with Gasteiger partial charge in [-0.1, -0.05) is 6.07 Å². The second-order valence-electron chi connectivity index (χ2n) is 7.86. The van der Waals surface area contributed by atoms with Crippen LogP contribution in [0.25, 0.3) is 11.3 Å². The smallest absolute Gasteiger partial charge is 0.236 e. The van der Waals surface area contributed by atoms with Crippen LogP contribution in [0.3, 0.4) is 0 Å². The molecule has 8 nitrogen and oxygen atoms in total. The van der Waals surface area contributed by atoms with E-state index in [1.165, 1.54) is 43.0 Å². The molecule has 1 aliphatic rings. The lowest BCUT2D eigenvalue weighted by atomic mass is 9.89. The zero-order chi connectivity index (χ0) is 22.9. The fourth-order valence-electron chi connectivity index (χ4n) is 2.82. The van der Waals surface area contributed by atoms with Crippen molar-refractivity contribution < 1.29 is 18.5 Å². The van der Waals surface area contributed by atoms with Gasteiger partial charge in [0.25, 0.3) is 0 Å². The molecule has 0 aliphatic heterocycles. The number of methoxy groups -OCH3 is 1. The molecule has 1 saturated carbocycles. The number of carbonyl (C=O) groups is 1. The van der Waals surface area contributed by atoms with Gasteiger partial charge >= 0.3 is 0 Å². The number of thiazole rings is 1. The molecule has 0 saturated heterocycles. The number of benzene rings is 1. The Hall–Kier alpha value is -2.76. The molecule has 168 valence electrons. The summed E-state index contributed by atoms with van der Waals surface area (Å²) in [5, 5.41) is 5.06. The van der Waals surface area contributed by atoms with Crippen LogP contribution in [0.2, 0.25) is 0 Å². The Morgan fingerprint density at radius 3 is 2.78 bits per heavy atom. The number of nitrogens with zero attached hydrogens (tertiary/aromatic N) is 3. The normalized spacial score (nSPS) is 14.7. The van der Waals surface area contributed by atoms with Crippen molar-refractivity contribution in [2.24, 2.45) is 0 Å². The van der Waals surface area contributed by atoms with Crippen molar-refractivity contribution in [3.05, 3.63) is 47.5 Å². The van der Waals surface area contributed by atoms with Crippen LogP contribution in [-0.2, 0) is 21.6 Å². The van der Waals surface area contributed by atoms with Gasteiger partial charge in [0.2, 0.25) is 16.9 Å². The predicted molar refractivity (Wildman–Crippen MR) is 123 cm³/mol. The van der Waals surface area contributed by atoms with Gasteiger partial charge in [-0.05, 0) is 26.0 Å². The van der Waals surface area contributed by atoms with Crippen molar-refractivity contribution in [2.75, 3.05) is 17.1 Å². The monoisotopic (exact) mass is 475 g/mol. The highest BCUT2D eigenvalue weighted by Gasteiger charge is 2.37. The molecule has 4 rings (SSSR count). The molecule has 2 heterocycles. The maximum Gasteiger partial charge on any atom is 0.236 e. The van der Waals surface area contributed by atoms with E-state index in [4.69, 9.17) is 4.74 Å². The number of ether oxygens (including phenoxy) is 1. The van der Waals surface area contributed by atoms with E-state index in [2.05, 4.69) is 25.0 Å². The zero-order valence-corrected chi connectivity index (χ0v) is 19.3. The summed E-state index contributed by atoms with van der Waals surface area (Å²) in [5.41, 5.74) is 0.489. The molecule has 1 unspecified atom stereocenters. The number of aromatic nitrogens is 3. The van der Waals surface area contributed by atoms with Gasteiger partial charge in [-0.25, -0.2) is 14.4 Å². The van der Waals surface area contributed by atoms with Gasteiger partial charge in [0.05, 0.1) is 53.4 Å². The summed E-state index contributed by atoms with van der Waals surface area (Å²) in [6.07, 6.45) is 4.85. The largest absolute Gasteiger partial charge is 0.593 e. The fourth-order valence-corrected chi connectivity index (χ4v) is 4.92. The lowest BCUT2D eigenvalue weighted by Crippen LogP contribution is -2.35. The SMILES string of the molecule is COc1cncc(-c2ccc(NC(=O)C(C)(C)c3csc(N[S+]([O-])C4CC4)n3)c(F)c2)n1. The first-order valence-electron chi connectivity index (χ1n) is 9.88. The number of hydrogen-bond donors (Lipinski definition) is 2. The van der Waals surface area contributed by atoms with Crippen molar-refractivity contribution >= 4 is 39.4 Å². The van der Waals surface area contributed by atoms with Gasteiger partial charge in [-0.15, -0.1) is 11.3 Å². The van der Waals surface area contributed by atoms with E-state index >= 15 is 0 Å². The molecular weight excluding hydrogens is 453 g/mol. The minimum Gasteiger partial charge on any atom is -0.593 e. The molecule has 1 aromatic carbocycles. The van der Waals surface area contributed by atoms with Gasteiger partial charge < -0.3 is 14.6 Å². The third kappa shape index (κ3) is 4.84. The van der Waals surface area contributed by atoms with Crippen molar-refractivity contribution in [2.45, 2.75) is 37.4 Å². The third-order valence-corrected chi connectivity index (χ3v) is 7.42. The van der Waals surface area contributed by atoms with E-state index in [0.717, 1.165) is 12.8 Å². The van der Waals surface area contributed by atoms with E-state index in [0.29, 0.717) is 28.0 Å². The second kappa shape index (κ2) is 9.00. The van der Waals surface area contributed by atoms with E-state index < -0.39 is 28.5 Å². The molecule has 0 spiro atoms. The zero-order valence-electron chi connectivity index (χ0n) is 17.7. The van der Waals surface area contributed by atoms with Gasteiger partial charge in [-0.2, -0.15) is 4.72 Å². The Bertz CT molecular complexity index is 1140. The summed E-state index contributed by atoms with van der Waals surface area (Å²) >= 11 is 0.126. The molecule has 2 aromatic heterocycles. The average Bonchev–Trinajstić information content (AvgIpc) is 3.53. The molecule has 1 aliphatic carbocycles. The Kier molecular flexibility index (Phi) is 6.31. The van der Waals surface area contributed by atoms with Gasteiger partial charge in [0.1, 0.15) is 11.1 Å². The van der Waals surface area contributed by atoms with E-state index in [-0.39, 0.29) is 10.9 Å². The summed E-state index contributed by atoms with van der Waals surface area (Å²) < 4.78 is 34.7. The van der Waals surface area contributed by atoms with Gasteiger partial charge in [0.15, 0.2) is 0 Å². The highest BCUT2D eigenvalue weighted by atomic mass is 32.2. The van der Waals surface area contributed by atoms with Crippen LogP contribution in [-0.4, -0.2) is 37.8 Å². The number of nitrogens with one attached hydrogen (secondary N) is 2. The van der Waals surface area contributed by atoms with Crippen LogP contribution in [0, 0.1) is 5.82 Å². The Morgan fingerprint density at radius 1 is 1.31 bits per heavy atom. The minimum absolute atomic E-state index is 0.0473. The minimum atomic E-state index is -1.16. The van der Waals surface area contributed by atoms with E-state index in [1.807, 2.05) is 0 Å². The second-order valence-corrected chi connectivity index (χ2v) is 10.2. The fraction of sp³-hybridized carbons (Fsp3) is 0.333. The topological polar surface area (TPSA) is 112 Å². The number of carbonyl (C=O) groups excluding carboxylic acids is 1. The number of rotatable bonds is 8. The van der Waals surface area contributed by atoms with Crippen molar-refractivity contribution in [1.82, 2.24) is 15.0 Å². The summed E-state index contributed by atoms with van der Waals surface area (Å²) in [5.74, 6) is -0.692. The first kappa shape index (κ1) is 22.4. The Morgan fingerprint density at radius 2 is 2.09 bits per heavy atom. The number of halogens is 1. The number of amides is 1. The molecule has 1 fully saturated rings. The molecule has 0 bridgehead atoms. The molecule has 32 heavy (non-hydrogen) atoms. The van der Waals surface area contributed by atoms with Crippen molar-refractivity contribution in [1.29, 1.82) is 0 Å². The van der Waals surface area contributed by atoms with Gasteiger partial charge in [0, 0.05) is 23.8 Å². The van der Waals surface area contributed by atoms with Crippen LogP contribution in [0.4, 0.5) is 15.2 Å². The summed E-state index contributed by atoms with van der Waals surface area (Å²) in [6.45, 7) is 3.41. The van der Waals surface area contributed by atoms with E-state index in [9.17, 15) is 13.7 Å². The molecule has 3 aromatic rings. The molecular formula is C21H22FN5O3S2. The van der Waals surface area contributed by atoms with Gasteiger partial charge in [-0.3, -0.25) is 9.78 Å². The lowest BCUT2D eigenvalue weighted by Gasteiger charge is -2.22. The quantitative estimate of drug-likeness (QED) is 0.475. The van der Waals surface area contributed by atoms with Crippen LogP contribution in [0.1, 0.15) is 32.4 Å². The average molecular weight is 476 g/mol. The van der Waals surface area contributed by atoms with Crippen molar-refractivity contribution in [3.8, 4) is 17.1 Å². The molecule has 1 atom stereocenters. The van der Waals surface area contributed by atoms with Crippen molar-refractivity contribution in [3.63, 3.8) is 0 Å². The Balaban J connectivity index is 1.47. The van der Waals surface area contributed by atoms with E-state index in [1.54, 1.807) is 25.3 Å². The summed E-state index contributed by atoms with van der Waals surface area (Å²) in [6, 6.07) is 4.41. The Labute approximate surface area is 192 Å². The summed E-state index contributed by atoms with van der Waals surface area (Å²) in [4.78, 5) is 25.6. The van der Waals surface area contributed by atoms with Crippen LogP contribution < -0.4 is 14.8 Å². The van der Waals surface area contributed by atoms with Crippen LogP contribution in [0.15, 0.2) is 36.0 Å². The third-order valence-electron chi connectivity index (χ3n) is 5.06. The molecule has 11 heteroatoms. The van der Waals surface area contributed by atoms with Crippen LogP contribution >= 0.6 is 11.3 Å². The highest BCUT2D eigenvalue weighted by Crippen LogP contribution is 2.33. The molecule has 1 amide bonds. The highest BCUT2D eigenvalue weighted by molar-refractivity contribution is 7.93. The predicted octanol–water partition coefficient (Wildman–Crippen LogP) is 3.90. The molecule has 2 N–H and O–H groups in total. The number of anilines is 2. The first-order chi connectivity index (χ1) is 15.3. The maximum absolute atomic E-state index is 14.7. The van der Waals surface area contributed by atoms with Crippen LogP contribution in [0.5, 0.6) is 5.88 Å². The lowest BCUT2D eigenvalue weighted by molar-refractivity contribution is -0.120. The number of hydrogen-bond acceptors (Lipinski definition) is 8.